The number of hydrogen-bond acceptors (Lipinski definition) is 5. The van der Waals surface area contributed by atoms with Gasteiger partial charge in [-0.3, -0.25) is 9.59 Å². The third kappa shape index (κ3) is 4.13. The third-order valence-electron chi connectivity index (χ3n) is 4.62. The molecule has 0 aliphatic carbocycles. The Morgan fingerprint density at radius 2 is 2.00 bits per heavy atom. The molecule has 1 aliphatic heterocycles. The van der Waals surface area contributed by atoms with Gasteiger partial charge < -0.3 is 10.2 Å². The van der Waals surface area contributed by atoms with Crippen molar-refractivity contribution in [2.24, 2.45) is 0 Å². The lowest BCUT2D eigenvalue weighted by Gasteiger charge is -2.23. The van der Waals surface area contributed by atoms with E-state index in [4.69, 9.17) is 11.6 Å². The summed E-state index contributed by atoms with van der Waals surface area (Å²) < 4.78 is 14.0. The number of rotatable bonds is 4. The zero-order valence-electron chi connectivity index (χ0n) is 15.1. The summed E-state index contributed by atoms with van der Waals surface area (Å²) in [5, 5.41) is 12.1. The van der Waals surface area contributed by atoms with Crippen LogP contribution in [0.25, 0.3) is 0 Å². The number of nitrogens with zero attached hydrogens (tertiary/aromatic N) is 3. The van der Waals surface area contributed by atoms with Crippen LogP contribution in [0.3, 0.4) is 0 Å². The highest BCUT2D eigenvalue weighted by Crippen LogP contribution is 2.35. The van der Waals surface area contributed by atoms with Crippen LogP contribution >= 0.6 is 22.9 Å². The van der Waals surface area contributed by atoms with Crippen LogP contribution in [-0.4, -0.2) is 33.5 Å². The molecule has 0 bridgehead atoms. The van der Waals surface area contributed by atoms with Crippen molar-refractivity contribution in [1.82, 2.24) is 15.1 Å². The molecule has 0 saturated carbocycles. The second kappa shape index (κ2) is 8.26. The van der Waals surface area contributed by atoms with Crippen LogP contribution in [0.1, 0.15) is 44.1 Å². The lowest BCUT2D eigenvalue weighted by molar-refractivity contribution is 0.0730. The minimum atomic E-state index is -0.554. The molecule has 2 amide bonds. The lowest BCUT2D eigenvalue weighted by Crippen LogP contribution is -2.31. The number of nitrogens with one attached hydrogen (secondary N) is 1. The second-order valence-electron chi connectivity index (χ2n) is 6.55. The molecule has 6 nitrogen and oxygen atoms in total. The molecule has 1 aromatic heterocycles. The highest BCUT2D eigenvalue weighted by atomic mass is 35.5. The number of hydrogen-bond donors (Lipinski definition) is 1. The fourth-order valence-corrected chi connectivity index (χ4v) is 4.34. The average Bonchev–Trinajstić information content (AvgIpc) is 3.37. The average molecular weight is 431 g/mol. The van der Waals surface area contributed by atoms with Crippen molar-refractivity contribution in [3.05, 3.63) is 74.9 Å². The molecule has 0 unspecified atom stereocenters. The van der Waals surface area contributed by atoms with Crippen molar-refractivity contribution in [2.75, 3.05) is 11.9 Å². The van der Waals surface area contributed by atoms with E-state index in [0.717, 1.165) is 17.8 Å². The predicted molar refractivity (Wildman–Crippen MR) is 109 cm³/mol. The summed E-state index contributed by atoms with van der Waals surface area (Å²) in [6, 6.07) is 12.4. The number of benzene rings is 2. The van der Waals surface area contributed by atoms with Crippen LogP contribution in [-0.2, 0) is 0 Å². The van der Waals surface area contributed by atoms with Gasteiger partial charge in [-0.05, 0) is 43.2 Å². The summed E-state index contributed by atoms with van der Waals surface area (Å²) in [6.45, 7) is 0.501. The highest BCUT2D eigenvalue weighted by Gasteiger charge is 2.34. The molecule has 0 radical (unpaired) electrons. The van der Waals surface area contributed by atoms with E-state index >= 15 is 0 Å². The summed E-state index contributed by atoms with van der Waals surface area (Å²) >= 11 is 7.06. The van der Waals surface area contributed by atoms with E-state index in [1.165, 1.54) is 12.1 Å². The number of aromatic nitrogens is 2. The number of anilines is 1. The van der Waals surface area contributed by atoms with Gasteiger partial charge in [-0.25, -0.2) is 4.39 Å². The zero-order chi connectivity index (χ0) is 20.4. The van der Waals surface area contributed by atoms with Crippen LogP contribution in [0.4, 0.5) is 10.1 Å². The Morgan fingerprint density at radius 3 is 2.79 bits per heavy atom. The fourth-order valence-electron chi connectivity index (χ4n) is 3.27. The van der Waals surface area contributed by atoms with Gasteiger partial charge in [0.15, 0.2) is 0 Å². The van der Waals surface area contributed by atoms with Crippen molar-refractivity contribution in [3.63, 3.8) is 0 Å². The molecule has 1 fully saturated rings. The number of amides is 2. The van der Waals surface area contributed by atoms with Crippen LogP contribution in [0.2, 0.25) is 5.02 Å². The minimum absolute atomic E-state index is 0.0304. The van der Waals surface area contributed by atoms with Gasteiger partial charge in [-0.15, -0.1) is 10.2 Å². The molecule has 1 saturated heterocycles. The summed E-state index contributed by atoms with van der Waals surface area (Å²) in [7, 11) is 0. The molecule has 1 N–H and O–H groups in total. The second-order valence-corrected chi connectivity index (χ2v) is 7.99. The largest absolute Gasteiger partial charge is 0.329 e. The van der Waals surface area contributed by atoms with E-state index in [9.17, 15) is 14.0 Å². The normalized spacial score (nSPS) is 16.1. The van der Waals surface area contributed by atoms with E-state index in [1.54, 1.807) is 41.3 Å². The summed E-state index contributed by atoms with van der Waals surface area (Å²) in [6.07, 6.45) is 1.46. The van der Waals surface area contributed by atoms with E-state index in [0.29, 0.717) is 28.7 Å². The van der Waals surface area contributed by atoms with Gasteiger partial charge in [0, 0.05) is 17.3 Å². The molecule has 2 aromatic carbocycles. The number of halogens is 2. The maximum absolute atomic E-state index is 14.0. The predicted octanol–water partition coefficient (Wildman–Crippen LogP) is 4.56. The highest BCUT2D eigenvalue weighted by molar-refractivity contribution is 7.13. The first-order valence-corrected chi connectivity index (χ1v) is 10.2. The Morgan fingerprint density at radius 1 is 1.17 bits per heavy atom. The monoisotopic (exact) mass is 430 g/mol. The maximum Gasteiger partial charge on any atom is 0.286 e. The fraction of sp³-hybridized carbons (Fsp3) is 0.200. The van der Waals surface area contributed by atoms with Crippen molar-refractivity contribution in [3.8, 4) is 0 Å². The lowest BCUT2D eigenvalue weighted by atomic mass is 10.1. The Balaban J connectivity index is 1.51. The molecule has 0 spiro atoms. The molecule has 2 heterocycles. The Hall–Kier alpha value is -2.84. The van der Waals surface area contributed by atoms with Crippen LogP contribution in [0, 0.1) is 5.82 Å². The minimum Gasteiger partial charge on any atom is -0.329 e. The van der Waals surface area contributed by atoms with Gasteiger partial charge in [-0.1, -0.05) is 41.1 Å². The SMILES string of the molecule is O=C(Nc1cccc(Cl)c1)c1nnc([C@@H]2CCCN2C(=O)c2ccccc2F)s1. The number of likely N-dealkylation sites (tertiary alicyclic amines) is 1. The molecule has 9 heteroatoms. The smallest absolute Gasteiger partial charge is 0.286 e. The van der Waals surface area contributed by atoms with Gasteiger partial charge in [0.05, 0.1) is 11.6 Å². The van der Waals surface area contributed by atoms with Crippen LogP contribution < -0.4 is 5.32 Å². The van der Waals surface area contributed by atoms with Gasteiger partial charge >= 0.3 is 0 Å². The summed E-state index contributed by atoms with van der Waals surface area (Å²) in [5.74, 6) is -1.34. The first-order valence-electron chi connectivity index (χ1n) is 8.99. The van der Waals surface area contributed by atoms with E-state index in [-0.39, 0.29) is 22.5 Å². The van der Waals surface area contributed by atoms with Gasteiger partial charge in [0.1, 0.15) is 10.8 Å². The van der Waals surface area contributed by atoms with Crippen molar-refractivity contribution in [1.29, 1.82) is 0 Å². The molecule has 148 valence electrons. The Kier molecular flexibility index (Phi) is 5.55. The molecule has 3 aromatic rings. The van der Waals surface area contributed by atoms with E-state index < -0.39 is 11.7 Å². The molecule has 1 aliphatic rings. The van der Waals surface area contributed by atoms with Crippen molar-refractivity contribution in [2.45, 2.75) is 18.9 Å². The number of carbonyl (C=O) groups is 2. The van der Waals surface area contributed by atoms with Crippen molar-refractivity contribution >= 4 is 40.4 Å². The Bertz CT molecular complexity index is 1070. The first kappa shape index (κ1) is 19.5. The summed E-state index contributed by atoms with van der Waals surface area (Å²) in [5.41, 5.74) is 0.583. The van der Waals surface area contributed by atoms with E-state index in [2.05, 4.69) is 15.5 Å². The summed E-state index contributed by atoms with van der Waals surface area (Å²) in [4.78, 5) is 26.9. The van der Waals surface area contributed by atoms with E-state index in [1.807, 2.05) is 0 Å². The zero-order valence-corrected chi connectivity index (χ0v) is 16.7. The standard InChI is InChI=1S/C20H16ClFN4O2S/c21-12-5-3-6-13(11-12)23-17(27)19-25-24-18(29-19)16-9-4-10-26(16)20(28)14-7-1-2-8-15(14)22/h1-3,5-8,11,16H,4,9-10H2,(H,23,27)/t16-/m0/s1. The van der Waals surface area contributed by atoms with Gasteiger partial charge in [0.25, 0.3) is 11.8 Å². The van der Waals surface area contributed by atoms with Crippen molar-refractivity contribution < 1.29 is 14.0 Å². The number of carbonyl (C=O) groups excluding carboxylic acids is 2. The Labute approximate surface area is 175 Å². The van der Waals surface area contributed by atoms with Crippen LogP contribution in [0.5, 0.6) is 0 Å². The quantitative estimate of drug-likeness (QED) is 0.658. The molecular weight excluding hydrogens is 415 g/mol. The van der Waals surface area contributed by atoms with Crippen LogP contribution in [0.15, 0.2) is 48.5 Å². The molecule has 4 rings (SSSR count). The van der Waals surface area contributed by atoms with Gasteiger partial charge in [-0.2, -0.15) is 0 Å². The topological polar surface area (TPSA) is 75.2 Å². The molecular formula is C20H16ClFN4O2S. The molecule has 29 heavy (non-hydrogen) atoms. The maximum atomic E-state index is 14.0. The first-order chi connectivity index (χ1) is 14.0. The molecule has 1 atom stereocenters. The van der Waals surface area contributed by atoms with Gasteiger partial charge in [0.2, 0.25) is 5.01 Å². The third-order valence-corrected chi connectivity index (χ3v) is 5.88.